The molecule has 2 aromatic rings. The number of imide groups is 1. The minimum atomic E-state index is -0.911. The van der Waals surface area contributed by atoms with E-state index < -0.39 is 29.8 Å². The molecule has 1 fully saturated rings. The molecule has 8 nitrogen and oxygen atoms in total. The van der Waals surface area contributed by atoms with Crippen molar-refractivity contribution in [2.75, 3.05) is 5.32 Å². The van der Waals surface area contributed by atoms with Crippen molar-refractivity contribution < 1.29 is 19.2 Å². The number of amides is 5. The minimum absolute atomic E-state index is 0.151. The first kappa shape index (κ1) is 18.1. The molecule has 0 saturated carbocycles. The van der Waals surface area contributed by atoms with Crippen LogP contribution in [0.5, 0.6) is 0 Å². The molecule has 0 unspecified atom stereocenters. The van der Waals surface area contributed by atoms with Crippen molar-refractivity contribution >= 4 is 29.4 Å². The van der Waals surface area contributed by atoms with Gasteiger partial charge in [-0.25, -0.2) is 4.79 Å². The first-order valence-corrected chi connectivity index (χ1v) is 8.29. The molecule has 1 saturated heterocycles. The standard InChI is InChI=1S/C19H18N4O4/c20-17(25)13-6-8-14(9-7-13)21-16(24)10-15-18(26)23(19(27)22-15)11-12-4-2-1-3-5-12/h1-9,15H,10-11H2,(H2,20,25)(H,21,24)(H,22,27)/t15-/m1/s1. The molecule has 8 heteroatoms. The molecule has 0 radical (unpaired) electrons. The highest BCUT2D eigenvalue weighted by Gasteiger charge is 2.38. The Morgan fingerprint density at radius 3 is 2.33 bits per heavy atom. The van der Waals surface area contributed by atoms with Gasteiger partial charge >= 0.3 is 6.03 Å². The van der Waals surface area contributed by atoms with Gasteiger partial charge in [0.05, 0.1) is 13.0 Å². The van der Waals surface area contributed by atoms with Gasteiger partial charge in [0.2, 0.25) is 11.8 Å². The third-order valence-corrected chi connectivity index (χ3v) is 4.13. The van der Waals surface area contributed by atoms with Crippen molar-refractivity contribution in [1.29, 1.82) is 0 Å². The molecular formula is C19H18N4O4. The molecule has 2 aromatic carbocycles. The van der Waals surface area contributed by atoms with E-state index in [-0.39, 0.29) is 13.0 Å². The average Bonchev–Trinajstić information content (AvgIpc) is 2.90. The maximum Gasteiger partial charge on any atom is 0.325 e. The molecule has 1 heterocycles. The zero-order chi connectivity index (χ0) is 19.4. The third-order valence-electron chi connectivity index (χ3n) is 4.13. The number of carbonyl (C=O) groups excluding carboxylic acids is 4. The third kappa shape index (κ3) is 4.30. The van der Waals surface area contributed by atoms with E-state index in [1.165, 1.54) is 24.3 Å². The van der Waals surface area contributed by atoms with Crippen LogP contribution in [-0.2, 0) is 16.1 Å². The Hall–Kier alpha value is -3.68. The van der Waals surface area contributed by atoms with E-state index in [4.69, 9.17) is 5.73 Å². The van der Waals surface area contributed by atoms with Crippen LogP contribution in [0.4, 0.5) is 10.5 Å². The molecule has 0 spiro atoms. The fourth-order valence-electron chi connectivity index (χ4n) is 2.75. The van der Waals surface area contributed by atoms with Gasteiger partial charge in [0, 0.05) is 11.3 Å². The van der Waals surface area contributed by atoms with Crippen molar-refractivity contribution in [2.45, 2.75) is 19.0 Å². The van der Waals surface area contributed by atoms with E-state index >= 15 is 0 Å². The summed E-state index contributed by atoms with van der Waals surface area (Å²) in [6.07, 6.45) is -0.187. The summed E-state index contributed by atoms with van der Waals surface area (Å²) in [4.78, 5) is 48.8. The van der Waals surface area contributed by atoms with E-state index in [2.05, 4.69) is 10.6 Å². The van der Waals surface area contributed by atoms with Gasteiger partial charge < -0.3 is 16.4 Å². The molecule has 5 amide bonds. The normalized spacial score (nSPS) is 16.1. The van der Waals surface area contributed by atoms with Crippen LogP contribution in [0.2, 0.25) is 0 Å². The van der Waals surface area contributed by atoms with Gasteiger partial charge in [-0.15, -0.1) is 0 Å². The lowest BCUT2D eigenvalue weighted by molar-refractivity contribution is -0.130. The van der Waals surface area contributed by atoms with Crippen LogP contribution in [0.1, 0.15) is 22.3 Å². The van der Waals surface area contributed by atoms with E-state index in [9.17, 15) is 19.2 Å². The molecule has 0 aromatic heterocycles. The maximum absolute atomic E-state index is 12.4. The summed E-state index contributed by atoms with van der Waals surface area (Å²) in [5, 5.41) is 5.15. The zero-order valence-corrected chi connectivity index (χ0v) is 14.3. The number of nitrogens with one attached hydrogen (secondary N) is 2. The van der Waals surface area contributed by atoms with Gasteiger partial charge in [0.25, 0.3) is 5.91 Å². The van der Waals surface area contributed by atoms with Gasteiger partial charge in [-0.2, -0.15) is 0 Å². The molecule has 4 N–H and O–H groups in total. The first-order valence-electron chi connectivity index (χ1n) is 8.29. The average molecular weight is 366 g/mol. The van der Waals surface area contributed by atoms with Crippen molar-refractivity contribution in [3.63, 3.8) is 0 Å². The molecule has 1 aliphatic heterocycles. The van der Waals surface area contributed by atoms with Gasteiger partial charge in [-0.05, 0) is 29.8 Å². The predicted octanol–water partition coefficient (Wildman–Crippen LogP) is 1.23. The lowest BCUT2D eigenvalue weighted by atomic mass is 10.1. The number of hydrogen-bond donors (Lipinski definition) is 3. The summed E-state index contributed by atoms with van der Waals surface area (Å²) < 4.78 is 0. The van der Waals surface area contributed by atoms with Gasteiger partial charge in [-0.1, -0.05) is 30.3 Å². The summed E-state index contributed by atoms with van der Waals surface area (Å²) in [6, 6.07) is 13.7. The largest absolute Gasteiger partial charge is 0.366 e. The molecule has 3 rings (SSSR count). The lowest BCUT2D eigenvalue weighted by Gasteiger charge is -2.13. The smallest absolute Gasteiger partial charge is 0.325 e. The predicted molar refractivity (Wildman–Crippen MR) is 97.5 cm³/mol. The Bertz CT molecular complexity index is 880. The number of nitrogens with two attached hydrogens (primary N) is 1. The summed E-state index contributed by atoms with van der Waals surface area (Å²) in [5.74, 6) is -1.43. The van der Waals surface area contributed by atoms with Crippen LogP contribution in [0.15, 0.2) is 54.6 Å². The summed E-state index contributed by atoms with van der Waals surface area (Å²) >= 11 is 0. The highest BCUT2D eigenvalue weighted by atomic mass is 16.2. The van der Waals surface area contributed by atoms with Crippen LogP contribution < -0.4 is 16.4 Å². The Labute approximate surface area is 155 Å². The molecule has 27 heavy (non-hydrogen) atoms. The van der Waals surface area contributed by atoms with Crippen LogP contribution in [0.3, 0.4) is 0 Å². The number of benzene rings is 2. The molecule has 1 atom stereocenters. The Morgan fingerprint density at radius 2 is 1.70 bits per heavy atom. The van der Waals surface area contributed by atoms with E-state index in [0.717, 1.165) is 10.5 Å². The van der Waals surface area contributed by atoms with Crippen LogP contribution in [0.25, 0.3) is 0 Å². The fraction of sp³-hybridized carbons (Fsp3) is 0.158. The molecule has 0 aliphatic carbocycles. The number of carbonyl (C=O) groups is 4. The second kappa shape index (κ2) is 7.69. The van der Waals surface area contributed by atoms with E-state index in [1.54, 1.807) is 0 Å². The number of nitrogens with zero attached hydrogens (tertiary/aromatic N) is 1. The van der Waals surface area contributed by atoms with Crippen LogP contribution in [-0.4, -0.2) is 34.7 Å². The molecule has 1 aliphatic rings. The van der Waals surface area contributed by atoms with Crippen molar-refractivity contribution in [1.82, 2.24) is 10.2 Å². The second-order valence-electron chi connectivity index (χ2n) is 6.11. The van der Waals surface area contributed by atoms with Crippen LogP contribution >= 0.6 is 0 Å². The Morgan fingerprint density at radius 1 is 1.04 bits per heavy atom. The molecule has 0 bridgehead atoms. The zero-order valence-electron chi connectivity index (χ0n) is 14.3. The quantitative estimate of drug-likeness (QED) is 0.666. The summed E-state index contributed by atoms with van der Waals surface area (Å²) in [5.41, 5.74) is 6.76. The maximum atomic E-state index is 12.4. The molecule has 138 valence electrons. The molecular weight excluding hydrogens is 348 g/mol. The van der Waals surface area contributed by atoms with Crippen molar-refractivity contribution in [3.8, 4) is 0 Å². The number of rotatable bonds is 6. The van der Waals surface area contributed by atoms with Gasteiger partial charge in [0.1, 0.15) is 6.04 Å². The number of hydrogen-bond acceptors (Lipinski definition) is 4. The number of primary amides is 1. The SMILES string of the molecule is NC(=O)c1ccc(NC(=O)C[C@H]2NC(=O)N(Cc3ccccc3)C2=O)cc1. The van der Waals surface area contributed by atoms with Gasteiger partial charge in [-0.3, -0.25) is 19.3 Å². The van der Waals surface area contributed by atoms with E-state index in [0.29, 0.717) is 11.3 Å². The first-order chi connectivity index (χ1) is 12.9. The van der Waals surface area contributed by atoms with Crippen LogP contribution in [0, 0.1) is 0 Å². The topological polar surface area (TPSA) is 122 Å². The Kier molecular flexibility index (Phi) is 5.16. The lowest BCUT2D eigenvalue weighted by Crippen LogP contribution is -2.34. The second-order valence-corrected chi connectivity index (χ2v) is 6.11. The highest BCUT2D eigenvalue weighted by Crippen LogP contribution is 2.15. The Balaban J connectivity index is 1.58. The number of anilines is 1. The number of urea groups is 1. The van der Waals surface area contributed by atoms with Gasteiger partial charge in [0.15, 0.2) is 0 Å². The summed E-state index contributed by atoms with van der Waals surface area (Å²) in [6.45, 7) is 0.151. The van der Waals surface area contributed by atoms with Crippen molar-refractivity contribution in [3.05, 3.63) is 65.7 Å². The fourth-order valence-corrected chi connectivity index (χ4v) is 2.75. The monoisotopic (exact) mass is 366 g/mol. The van der Waals surface area contributed by atoms with E-state index in [1.807, 2.05) is 30.3 Å². The highest BCUT2D eigenvalue weighted by molar-refractivity contribution is 6.06. The van der Waals surface area contributed by atoms with Crippen molar-refractivity contribution in [2.24, 2.45) is 5.73 Å². The minimum Gasteiger partial charge on any atom is -0.366 e. The summed E-state index contributed by atoms with van der Waals surface area (Å²) in [7, 11) is 0.